The first-order valence-corrected chi connectivity index (χ1v) is 9.83. The molecular weight excluding hydrogens is 384 g/mol. The van der Waals surface area contributed by atoms with Gasteiger partial charge in [-0.15, -0.1) is 0 Å². The van der Waals surface area contributed by atoms with Crippen molar-refractivity contribution in [3.05, 3.63) is 21.4 Å². The molecule has 1 aromatic rings. The van der Waals surface area contributed by atoms with Gasteiger partial charge in [-0.2, -0.15) is 0 Å². The van der Waals surface area contributed by atoms with Gasteiger partial charge in [0.15, 0.2) is 0 Å². The zero-order valence-corrected chi connectivity index (χ0v) is 16.5. The number of hydrogen-bond acceptors (Lipinski definition) is 4. The van der Waals surface area contributed by atoms with E-state index in [1.54, 1.807) is 6.92 Å². The van der Waals surface area contributed by atoms with Crippen LogP contribution < -0.4 is 4.90 Å². The van der Waals surface area contributed by atoms with Gasteiger partial charge < -0.3 is 10.0 Å². The Morgan fingerprint density at radius 2 is 1.72 bits per heavy atom. The van der Waals surface area contributed by atoms with Gasteiger partial charge in [0.05, 0.1) is 27.1 Å². The second kappa shape index (κ2) is 7.06. The summed E-state index contributed by atoms with van der Waals surface area (Å²) in [5.41, 5.74) is 2.54. The number of anilines is 1. The number of rotatable bonds is 3. The maximum atomic E-state index is 12.3. The molecule has 2 fully saturated rings. The number of carbonyl (C=O) groups is 2. The van der Waals surface area contributed by atoms with Crippen LogP contribution in [-0.4, -0.2) is 34.9 Å². The molecule has 1 aliphatic carbocycles. The van der Waals surface area contributed by atoms with Crippen LogP contribution in [-0.2, 0) is 4.79 Å². The molecule has 3 rings (SSSR count). The summed E-state index contributed by atoms with van der Waals surface area (Å²) in [5.74, 6) is -2.30. The summed E-state index contributed by atoms with van der Waals surface area (Å²) in [7, 11) is 0. The summed E-state index contributed by atoms with van der Waals surface area (Å²) in [6, 6.07) is 0. The average Bonchev–Trinajstić information content (AvgIpc) is 2.82. The highest BCUT2D eigenvalue weighted by atomic mass is 79.9. The van der Waals surface area contributed by atoms with Gasteiger partial charge in [0, 0.05) is 13.1 Å². The SMILES string of the molecule is Cc1nc(C)c(C(=O)C(=O)O)c(N2CCC3(CCCCCC3)C2)c1Br. The third-order valence-electron chi connectivity index (χ3n) is 5.80. The van der Waals surface area contributed by atoms with Crippen molar-refractivity contribution in [2.45, 2.75) is 58.8 Å². The van der Waals surface area contributed by atoms with Crippen molar-refractivity contribution in [1.29, 1.82) is 0 Å². The van der Waals surface area contributed by atoms with Gasteiger partial charge in [-0.1, -0.05) is 25.7 Å². The molecular formula is C19H25BrN2O3. The number of halogens is 1. The molecule has 1 spiro atoms. The van der Waals surface area contributed by atoms with E-state index in [0.717, 1.165) is 35.4 Å². The summed E-state index contributed by atoms with van der Waals surface area (Å²) >= 11 is 3.57. The number of ketones is 1. The molecule has 136 valence electrons. The van der Waals surface area contributed by atoms with Crippen molar-refractivity contribution in [1.82, 2.24) is 4.98 Å². The second-order valence-corrected chi connectivity index (χ2v) is 8.33. The van der Waals surface area contributed by atoms with Crippen LogP contribution in [0.4, 0.5) is 5.69 Å². The van der Waals surface area contributed by atoms with E-state index < -0.39 is 11.8 Å². The Kier molecular flexibility index (Phi) is 5.19. The van der Waals surface area contributed by atoms with Gasteiger partial charge in [0.2, 0.25) is 0 Å². The predicted molar refractivity (Wildman–Crippen MR) is 100 cm³/mol. The molecule has 0 aromatic carbocycles. The number of aryl methyl sites for hydroxylation is 2. The highest BCUT2D eigenvalue weighted by Gasteiger charge is 2.40. The maximum Gasteiger partial charge on any atom is 0.377 e. The number of Topliss-reactive ketones (excluding diaryl/α,β-unsaturated/α-hetero) is 1. The zero-order chi connectivity index (χ0) is 18.2. The van der Waals surface area contributed by atoms with Crippen molar-refractivity contribution >= 4 is 33.4 Å². The lowest BCUT2D eigenvalue weighted by Gasteiger charge is -2.30. The Labute approximate surface area is 156 Å². The first-order chi connectivity index (χ1) is 11.8. The van der Waals surface area contributed by atoms with Crippen LogP contribution in [0.5, 0.6) is 0 Å². The van der Waals surface area contributed by atoms with Crippen LogP contribution in [0.2, 0.25) is 0 Å². The minimum atomic E-state index is -1.43. The molecule has 1 saturated carbocycles. The topological polar surface area (TPSA) is 70.5 Å². The fraction of sp³-hybridized carbons (Fsp3) is 0.632. The van der Waals surface area contributed by atoms with Crippen LogP contribution in [0.25, 0.3) is 0 Å². The molecule has 5 nitrogen and oxygen atoms in total. The number of nitrogens with zero attached hydrogens (tertiary/aromatic N) is 2. The van der Waals surface area contributed by atoms with E-state index in [0.29, 0.717) is 11.1 Å². The number of carboxylic acid groups (broad SMARTS) is 1. The Bertz CT molecular complexity index is 709. The summed E-state index contributed by atoms with van der Waals surface area (Å²) in [6.07, 6.45) is 8.72. The lowest BCUT2D eigenvalue weighted by Crippen LogP contribution is -2.30. The van der Waals surface area contributed by atoms with Crippen LogP contribution in [0.15, 0.2) is 4.47 Å². The van der Waals surface area contributed by atoms with Gasteiger partial charge in [-0.3, -0.25) is 9.78 Å². The van der Waals surface area contributed by atoms with Crippen molar-refractivity contribution in [3.63, 3.8) is 0 Å². The first-order valence-electron chi connectivity index (χ1n) is 9.04. The van der Waals surface area contributed by atoms with Gasteiger partial charge in [-0.25, -0.2) is 4.79 Å². The van der Waals surface area contributed by atoms with E-state index in [-0.39, 0.29) is 5.56 Å². The molecule has 0 unspecified atom stereocenters. The zero-order valence-electron chi connectivity index (χ0n) is 14.9. The van der Waals surface area contributed by atoms with Gasteiger partial charge in [-0.05, 0) is 54.5 Å². The van der Waals surface area contributed by atoms with E-state index in [4.69, 9.17) is 0 Å². The molecule has 0 atom stereocenters. The normalized spacial score (nSPS) is 19.9. The van der Waals surface area contributed by atoms with E-state index >= 15 is 0 Å². The molecule has 6 heteroatoms. The maximum absolute atomic E-state index is 12.3. The number of hydrogen-bond donors (Lipinski definition) is 1. The molecule has 0 radical (unpaired) electrons. The largest absolute Gasteiger partial charge is 0.475 e. The molecule has 2 aliphatic rings. The van der Waals surface area contributed by atoms with Crippen LogP contribution in [0.3, 0.4) is 0 Å². The Morgan fingerprint density at radius 1 is 1.08 bits per heavy atom. The molecule has 1 N–H and O–H groups in total. The van der Waals surface area contributed by atoms with Crippen molar-refractivity contribution < 1.29 is 14.7 Å². The van der Waals surface area contributed by atoms with Crippen molar-refractivity contribution in [3.8, 4) is 0 Å². The summed E-state index contributed by atoms with van der Waals surface area (Å²) in [5, 5.41) is 9.26. The third-order valence-corrected chi connectivity index (χ3v) is 6.75. The van der Waals surface area contributed by atoms with Crippen LogP contribution in [0, 0.1) is 19.3 Å². The molecule has 2 heterocycles. The third kappa shape index (κ3) is 3.46. The highest BCUT2D eigenvalue weighted by Crippen LogP contribution is 2.46. The Balaban J connectivity index is 2.02. The monoisotopic (exact) mass is 408 g/mol. The molecule has 0 bridgehead atoms. The summed E-state index contributed by atoms with van der Waals surface area (Å²) < 4.78 is 0.744. The molecule has 1 aliphatic heterocycles. The number of carbonyl (C=O) groups excluding carboxylic acids is 1. The number of aromatic nitrogens is 1. The number of aliphatic carboxylic acids is 1. The molecule has 25 heavy (non-hydrogen) atoms. The molecule has 1 saturated heterocycles. The smallest absolute Gasteiger partial charge is 0.377 e. The summed E-state index contributed by atoms with van der Waals surface area (Å²) in [4.78, 5) is 30.3. The van der Waals surface area contributed by atoms with Gasteiger partial charge in [0.1, 0.15) is 0 Å². The number of carboxylic acids is 1. The minimum Gasteiger partial charge on any atom is -0.475 e. The van der Waals surface area contributed by atoms with Gasteiger partial charge in [0.25, 0.3) is 5.78 Å². The van der Waals surface area contributed by atoms with Gasteiger partial charge >= 0.3 is 5.97 Å². The minimum absolute atomic E-state index is 0.232. The average molecular weight is 409 g/mol. The Hall–Kier alpha value is -1.43. The van der Waals surface area contributed by atoms with E-state index in [9.17, 15) is 14.7 Å². The highest BCUT2D eigenvalue weighted by molar-refractivity contribution is 9.10. The van der Waals surface area contributed by atoms with Crippen LogP contribution >= 0.6 is 15.9 Å². The molecule has 0 amide bonds. The van der Waals surface area contributed by atoms with E-state index in [1.807, 2.05) is 6.92 Å². The van der Waals surface area contributed by atoms with Crippen molar-refractivity contribution in [2.75, 3.05) is 18.0 Å². The fourth-order valence-electron chi connectivity index (χ4n) is 4.50. The fourth-order valence-corrected chi connectivity index (χ4v) is 5.04. The quantitative estimate of drug-likeness (QED) is 0.596. The van der Waals surface area contributed by atoms with Crippen molar-refractivity contribution in [2.24, 2.45) is 5.41 Å². The second-order valence-electron chi connectivity index (χ2n) is 7.54. The van der Waals surface area contributed by atoms with E-state index in [2.05, 4.69) is 25.8 Å². The predicted octanol–water partition coefficient (Wildman–Crippen LogP) is 4.28. The molecule has 1 aromatic heterocycles. The lowest BCUT2D eigenvalue weighted by atomic mass is 9.80. The lowest BCUT2D eigenvalue weighted by molar-refractivity contribution is -0.131. The summed E-state index contributed by atoms with van der Waals surface area (Å²) in [6.45, 7) is 5.36. The van der Waals surface area contributed by atoms with Crippen LogP contribution in [0.1, 0.15) is 66.7 Å². The first kappa shape index (κ1) is 18.4. The Morgan fingerprint density at radius 3 is 2.32 bits per heavy atom. The number of pyridine rings is 1. The van der Waals surface area contributed by atoms with E-state index in [1.165, 1.54) is 38.5 Å². The standard InChI is InChI=1S/C19H25BrN2O3/c1-12-14(17(23)18(24)25)16(15(20)13(2)21-12)22-10-9-19(11-22)7-5-3-4-6-8-19/h3-11H2,1-2H3,(H,24,25).